The second-order valence-electron chi connectivity index (χ2n) is 7.48. The van der Waals surface area contributed by atoms with Gasteiger partial charge in [-0.3, -0.25) is 9.78 Å². The molecule has 0 radical (unpaired) electrons. The molecule has 0 bridgehead atoms. The van der Waals surface area contributed by atoms with E-state index in [2.05, 4.69) is 15.3 Å². The first-order chi connectivity index (χ1) is 15.3. The Kier molecular flexibility index (Phi) is 5.64. The summed E-state index contributed by atoms with van der Waals surface area (Å²) in [4.78, 5) is 21.2. The SMILES string of the molecule is Cc1cc([C@@H](C)Nc2ccc(Cl)nc2C#N)c2oc(-c3cnccc3F)c(C)c(=O)c2c1. The van der Waals surface area contributed by atoms with Gasteiger partial charge >= 0.3 is 0 Å². The molecule has 0 amide bonds. The number of aromatic nitrogens is 2. The average molecular weight is 449 g/mol. The highest BCUT2D eigenvalue weighted by Gasteiger charge is 2.21. The number of nitrogens with one attached hydrogen (secondary N) is 1. The minimum atomic E-state index is -0.531. The van der Waals surface area contributed by atoms with E-state index in [1.54, 1.807) is 25.1 Å². The first-order valence-corrected chi connectivity index (χ1v) is 10.2. The Bertz CT molecular complexity index is 1460. The zero-order valence-electron chi connectivity index (χ0n) is 17.5. The molecule has 4 rings (SSSR count). The van der Waals surface area contributed by atoms with Gasteiger partial charge in [-0.2, -0.15) is 5.26 Å². The Morgan fingerprint density at radius 1 is 1.25 bits per heavy atom. The van der Waals surface area contributed by atoms with E-state index in [9.17, 15) is 14.4 Å². The molecule has 32 heavy (non-hydrogen) atoms. The van der Waals surface area contributed by atoms with E-state index in [4.69, 9.17) is 16.0 Å². The molecule has 3 heterocycles. The van der Waals surface area contributed by atoms with Crippen LogP contribution in [0.25, 0.3) is 22.3 Å². The van der Waals surface area contributed by atoms with E-state index < -0.39 is 5.82 Å². The van der Waals surface area contributed by atoms with Crippen molar-refractivity contribution < 1.29 is 8.81 Å². The molecular weight excluding hydrogens is 431 g/mol. The molecule has 0 unspecified atom stereocenters. The maximum Gasteiger partial charge on any atom is 0.196 e. The molecule has 1 aromatic carbocycles. The first-order valence-electron chi connectivity index (χ1n) is 9.81. The number of halogens is 2. The van der Waals surface area contributed by atoms with Gasteiger partial charge in [-0.1, -0.05) is 17.7 Å². The lowest BCUT2D eigenvalue weighted by Gasteiger charge is -2.19. The molecule has 0 aliphatic heterocycles. The summed E-state index contributed by atoms with van der Waals surface area (Å²) >= 11 is 5.89. The second kappa shape index (κ2) is 8.40. The van der Waals surface area contributed by atoms with E-state index in [0.717, 1.165) is 5.56 Å². The maximum atomic E-state index is 14.5. The number of benzene rings is 1. The average Bonchev–Trinajstić information content (AvgIpc) is 2.77. The van der Waals surface area contributed by atoms with Crippen LogP contribution < -0.4 is 10.7 Å². The third kappa shape index (κ3) is 3.81. The third-order valence-corrected chi connectivity index (χ3v) is 5.42. The van der Waals surface area contributed by atoms with Crippen LogP contribution in [-0.4, -0.2) is 9.97 Å². The lowest BCUT2D eigenvalue weighted by atomic mass is 9.99. The molecule has 0 aliphatic carbocycles. The quantitative estimate of drug-likeness (QED) is 0.402. The van der Waals surface area contributed by atoms with Gasteiger partial charge in [0.2, 0.25) is 0 Å². The van der Waals surface area contributed by atoms with Gasteiger partial charge in [-0.25, -0.2) is 9.37 Å². The molecule has 0 saturated heterocycles. The summed E-state index contributed by atoms with van der Waals surface area (Å²) < 4.78 is 20.6. The van der Waals surface area contributed by atoms with Gasteiger partial charge in [-0.15, -0.1) is 0 Å². The number of anilines is 1. The maximum absolute atomic E-state index is 14.5. The van der Waals surface area contributed by atoms with Crippen LogP contribution in [0.1, 0.15) is 35.3 Å². The van der Waals surface area contributed by atoms with Crippen LogP contribution in [0.3, 0.4) is 0 Å². The van der Waals surface area contributed by atoms with Crippen molar-refractivity contribution in [3.05, 3.63) is 86.3 Å². The van der Waals surface area contributed by atoms with Crippen molar-refractivity contribution in [1.29, 1.82) is 5.26 Å². The lowest BCUT2D eigenvalue weighted by molar-refractivity contribution is 0.584. The fourth-order valence-electron chi connectivity index (χ4n) is 3.64. The lowest BCUT2D eigenvalue weighted by Crippen LogP contribution is -2.13. The summed E-state index contributed by atoms with van der Waals surface area (Å²) in [5, 5.41) is 13.2. The Balaban J connectivity index is 1.91. The number of pyridine rings is 2. The van der Waals surface area contributed by atoms with Crippen molar-refractivity contribution in [3.63, 3.8) is 0 Å². The van der Waals surface area contributed by atoms with Gasteiger partial charge in [0, 0.05) is 23.5 Å². The molecule has 0 fully saturated rings. The molecule has 0 spiro atoms. The fourth-order valence-corrected chi connectivity index (χ4v) is 3.79. The third-order valence-electron chi connectivity index (χ3n) is 5.21. The smallest absolute Gasteiger partial charge is 0.196 e. The monoisotopic (exact) mass is 448 g/mol. The molecule has 0 aliphatic rings. The number of nitrogens with zero attached hydrogens (tertiary/aromatic N) is 3. The van der Waals surface area contributed by atoms with Crippen LogP contribution in [0, 0.1) is 31.0 Å². The van der Waals surface area contributed by atoms with E-state index in [-0.39, 0.29) is 33.6 Å². The van der Waals surface area contributed by atoms with E-state index >= 15 is 0 Å². The molecule has 0 saturated carbocycles. The van der Waals surface area contributed by atoms with Crippen LogP contribution in [0.2, 0.25) is 5.15 Å². The minimum absolute atomic E-state index is 0.116. The molecule has 1 atom stereocenters. The van der Waals surface area contributed by atoms with Crippen molar-refractivity contribution in [2.24, 2.45) is 0 Å². The first kappa shape index (κ1) is 21.5. The number of aryl methyl sites for hydroxylation is 1. The summed E-state index contributed by atoms with van der Waals surface area (Å²) in [6.07, 6.45) is 2.67. The Morgan fingerprint density at radius 2 is 2.03 bits per heavy atom. The van der Waals surface area contributed by atoms with Gasteiger partial charge in [0.1, 0.15) is 28.4 Å². The molecule has 4 aromatic rings. The Labute approximate surface area is 188 Å². The summed E-state index contributed by atoms with van der Waals surface area (Å²) in [7, 11) is 0. The van der Waals surface area contributed by atoms with Crippen molar-refractivity contribution >= 4 is 28.3 Å². The highest BCUT2D eigenvalue weighted by molar-refractivity contribution is 6.29. The number of rotatable bonds is 4. The molecular formula is C24H18ClFN4O2. The van der Waals surface area contributed by atoms with Crippen molar-refractivity contribution in [3.8, 4) is 17.4 Å². The van der Waals surface area contributed by atoms with Gasteiger partial charge in [-0.05, 0) is 50.6 Å². The summed E-state index contributed by atoms with van der Waals surface area (Å²) in [6.45, 7) is 5.35. The molecule has 160 valence electrons. The van der Waals surface area contributed by atoms with Crippen molar-refractivity contribution in [2.45, 2.75) is 26.8 Å². The number of fused-ring (bicyclic) bond motifs is 1. The zero-order valence-corrected chi connectivity index (χ0v) is 18.3. The summed E-state index contributed by atoms with van der Waals surface area (Å²) in [5.74, 6) is -0.396. The highest BCUT2D eigenvalue weighted by atomic mass is 35.5. The molecule has 3 aromatic heterocycles. The van der Waals surface area contributed by atoms with E-state index in [1.165, 1.54) is 18.5 Å². The van der Waals surface area contributed by atoms with Gasteiger partial charge in [0.25, 0.3) is 0 Å². The number of hydrogen-bond acceptors (Lipinski definition) is 6. The van der Waals surface area contributed by atoms with Crippen LogP contribution in [0.15, 0.2) is 51.9 Å². The summed E-state index contributed by atoms with van der Waals surface area (Å²) in [6, 6.07) is 9.75. The predicted molar refractivity (Wildman–Crippen MR) is 121 cm³/mol. The Hall–Kier alpha value is -3.76. The van der Waals surface area contributed by atoms with Gasteiger partial charge < -0.3 is 9.73 Å². The number of hydrogen-bond donors (Lipinski definition) is 1. The normalized spacial score (nSPS) is 11.9. The van der Waals surface area contributed by atoms with Crippen LogP contribution >= 0.6 is 11.6 Å². The minimum Gasteiger partial charge on any atom is -0.455 e. The largest absolute Gasteiger partial charge is 0.455 e. The van der Waals surface area contributed by atoms with Crippen LogP contribution in [-0.2, 0) is 0 Å². The highest BCUT2D eigenvalue weighted by Crippen LogP contribution is 2.33. The zero-order chi connectivity index (χ0) is 23.0. The molecule has 1 N–H and O–H groups in total. The van der Waals surface area contributed by atoms with E-state index in [0.29, 0.717) is 27.8 Å². The van der Waals surface area contributed by atoms with Crippen LogP contribution in [0.5, 0.6) is 0 Å². The summed E-state index contributed by atoms with van der Waals surface area (Å²) in [5.41, 5.74) is 2.70. The molecule has 8 heteroatoms. The van der Waals surface area contributed by atoms with Crippen molar-refractivity contribution in [1.82, 2.24) is 9.97 Å². The topological polar surface area (TPSA) is 91.8 Å². The van der Waals surface area contributed by atoms with Crippen LogP contribution in [0.4, 0.5) is 10.1 Å². The Morgan fingerprint density at radius 3 is 2.75 bits per heavy atom. The standard InChI is InChI=1S/C24H18ClFN4O2/c1-12-8-15(14(3)29-19-4-5-21(25)30-20(19)10-27)24-16(9-12)22(31)13(2)23(32-24)17-11-28-7-6-18(17)26/h4-9,11,14,29H,1-3H3/t14-/m1/s1. The number of nitriles is 1. The fraction of sp³-hybridized carbons (Fsp3) is 0.167. The van der Waals surface area contributed by atoms with Gasteiger partial charge in [0.15, 0.2) is 11.1 Å². The second-order valence-corrected chi connectivity index (χ2v) is 7.87. The molecule has 6 nitrogen and oxygen atoms in total. The predicted octanol–water partition coefficient (Wildman–Crippen LogP) is 5.70. The van der Waals surface area contributed by atoms with Gasteiger partial charge in [0.05, 0.1) is 22.7 Å². The van der Waals surface area contributed by atoms with Crippen molar-refractivity contribution in [2.75, 3.05) is 5.32 Å². The van der Waals surface area contributed by atoms with E-state index in [1.807, 2.05) is 26.0 Å².